The van der Waals surface area contributed by atoms with Crippen LogP contribution in [0.2, 0.25) is 0 Å². The summed E-state index contributed by atoms with van der Waals surface area (Å²) in [5.41, 5.74) is 4.60. The average molecular weight is 620 g/mol. The van der Waals surface area contributed by atoms with E-state index in [1.165, 1.54) is 14.0 Å². The van der Waals surface area contributed by atoms with Crippen LogP contribution in [-0.2, 0) is 20.8 Å². The number of aromatic hydroxyl groups is 1. The molecule has 7 N–H and O–H groups in total. The van der Waals surface area contributed by atoms with Gasteiger partial charge in [-0.3, -0.25) is 19.3 Å². The van der Waals surface area contributed by atoms with Gasteiger partial charge in [0.15, 0.2) is 17.3 Å². The van der Waals surface area contributed by atoms with E-state index in [1.54, 1.807) is 68.3 Å². The number of ketones is 2. The highest BCUT2D eigenvalue weighted by Gasteiger charge is 2.62. The number of carbonyl (C=O) groups is 4. The smallest absolute Gasteiger partial charge is 0.323 e. The molecule has 0 radical (unpaired) electrons. The fraction of sp³-hybridized carbons (Fsp3) is 0.375. The van der Waals surface area contributed by atoms with Gasteiger partial charge in [-0.2, -0.15) is 0 Å². The Kier molecular flexibility index (Phi) is 7.78. The van der Waals surface area contributed by atoms with Gasteiger partial charge in [-0.05, 0) is 75.7 Å². The van der Waals surface area contributed by atoms with Crippen LogP contribution in [0, 0.1) is 17.3 Å². The molecule has 4 atom stereocenters. The Morgan fingerprint density at radius 3 is 2.24 bits per heavy atom. The predicted molar refractivity (Wildman–Crippen MR) is 167 cm³/mol. The van der Waals surface area contributed by atoms with E-state index in [2.05, 4.69) is 10.6 Å². The van der Waals surface area contributed by atoms with Crippen molar-refractivity contribution in [2.24, 2.45) is 23.0 Å². The van der Waals surface area contributed by atoms with Crippen LogP contribution in [-0.4, -0.2) is 85.1 Å². The van der Waals surface area contributed by atoms with Crippen molar-refractivity contribution in [3.8, 4) is 11.5 Å². The molecule has 0 saturated heterocycles. The molecular formula is C32H37N5O8. The van der Waals surface area contributed by atoms with Crippen molar-refractivity contribution in [2.45, 2.75) is 25.8 Å². The third-order valence-corrected chi connectivity index (χ3v) is 9.24. The topological polar surface area (TPSA) is 195 Å². The highest BCUT2D eigenvalue weighted by atomic mass is 16.5. The molecule has 0 heterocycles. The normalized spacial score (nSPS) is 24.1. The van der Waals surface area contributed by atoms with Gasteiger partial charge in [-0.25, -0.2) is 4.79 Å². The number of fused-ring (bicyclic) bond motifs is 3. The molecule has 0 bridgehead atoms. The molecule has 13 heteroatoms. The highest BCUT2D eigenvalue weighted by molar-refractivity contribution is 6.24. The molecule has 0 aliphatic heterocycles. The second kappa shape index (κ2) is 11.1. The van der Waals surface area contributed by atoms with Gasteiger partial charge in [0.1, 0.15) is 22.8 Å². The molecule has 1 fully saturated rings. The molecule has 3 amide bonds. The molecule has 1 unspecified atom stereocenters. The number of nitrogens with one attached hydrogen (secondary N) is 2. The minimum atomic E-state index is -1.75. The van der Waals surface area contributed by atoms with Gasteiger partial charge in [0.25, 0.3) is 5.91 Å². The first-order chi connectivity index (χ1) is 21.1. The number of urea groups is 1. The Balaban J connectivity index is 1.61. The van der Waals surface area contributed by atoms with Crippen LogP contribution in [0.1, 0.15) is 24.5 Å². The van der Waals surface area contributed by atoms with E-state index in [0.717, 1.165) is 0 Å². The standard InChI is InChI=1S/C32H37N5O8/c1-32-18(24(37(4)5)27(40)23(29(32)42)30(33)43)12-14-11-17-20(36(2)3)13-19(25(38)22(17)26(39)21(14)28(32)41)35-31(44)34-15-7-9-16(45-6)10-8-15/h7-10,13-14,18,24,38-39,42H,11-12H2,1-6H3,(H2,33,43)(H2,34,35,44)/t14-,18-,24?,32+/m0/s1. The summed E-state index contributed by atoms with van der Waals surface area (Å²) >= 11 is 0. The van der Waals surface area contributed by atoms with Crippen LogP contribution in [0.15, 0.2) is 47.2 Å². The number of amides is 3. The lowest BCUT2D eigenvalue weighted by Gasteiger charge is -2.51. The molecule has 0 spiro atoms. The number of nitrogens with two attached hydrogens (primary N) is 1. The number of allylic oxidation sites excluding steroid dienone is 2. The number of hydrogen-bond donors (Lipinski definition) is 6. The van der Waals surface area contributed by atoms with Crippen LogP contribution >= 0.6 is 0 Å². The first kappa shape index (κ1) is 31.4. The number of rotatable bonds is 6. The second-order valence-corrected chi connectivity index (χ2v) is 12.2. The minimum Gasteiger partial charge on any atom is -0.510 e. The van der Waals surface area contributed by atoms with Crippen molar-refractivity contribution in [2.75, 3.05) is 50.8 Å². The molecule has 2 aromatic carbocycles. The lowest BCUT2D eigenvalue weighted by atomic mass is 9.53. The molecular weight excluding hydrogens is 582 g/mol. The van der Waals surface area contributed by atoms with Crippen LogP contribution in [0.3, 0.4) is 0 Å². The van der Waals surface area contributed by atoms with Crippen molar-refractivity contribution in [3.05, 3.63) is 58.4 Å². The summed E-state index contributed by atoms with van der Waals surface area (Å²) in [5.74, 6) is -4.87. The number of anilines is 3. The zero-order valence-corrected chi connectivity index (χ0v) is 25.9. The van der Waals surface area contributed by atoms with Gasteiger partial charge in [0, 0.05) is 37.0 Å². The first-order valence-electron chi connectivity index (χ1n) is 14.3. The number of phenols is 1. The molecule has 2 aromatic rings. The summed E-state index contributed by atoms with van der Waals surface area (Å²) in [6.45, 7) is 1.44. The SMILES string of the molecule is COc1ccc(NC(=O)Nc2cc(N(C)C)c3c(c2O)C(O)=C2C(=O)[C@]4(C)C(O)=C(C(N)=O)C(=O)C(N(C)C)[C@@H]4C[C@@H]2C3)cc1. The summed E-state index contributed by atoms with van der Waals surface area (Å²) in [7, 11) is 8.35. The number of nitrogens with zero attached hydrogens (tertiary/aromatic N) is 2. The highest BCUT2D eigenvalue weighted by Crippen LogP contribution is 2.57. The summed E-state index contributed by atoms with van der Waals surface area (Å²) in [4.78, 5) is 56.3. The number of aliphatic hydroxyl groups excluding tert-OH is 2. The summed E-state index contributed by atoms with van der Waals surface area (Å²) < 4.78 is 5.13. The number of likely N-dealkylation sites (N-methyl/N-ethyl adjacent to an activating group) is 1. The van der Waals surface area contributed by atoms with E-state index in [1.807, 2.05) is 0 Å². The maximum absolute atomic E-state index is 14.4. The Bertz CT molecular complexity index is 1690. The second-order valence-electron chi connectivity index (χ2n) is 12.2. The van der Waals surface area contributed by atoms with Crippen molar-refractivity contribution in [3.63, 3.8) is 0 Å². The van der Waals surface area contributed by atoms with E-state index in [9.17, 15) is 34.5 Å². The number of phenolic OH excluding ortho intramolecular Hbond substituents is 1. The molecule has 3 aliphatic rings. The van der Waals surface area contributed by atoms with E-state index >= 15 is 0 Å². The summed E-state index contributed by atoms with van der Waals surface area (Å²) in [6, 6.07) is 6.61. The maximum Gasteiger partial charge on any atom is 0.323 e. The number of Topliss-reactive ketones (excluding diaryl/α,β-unsaturated/α-hetero) is 2. The summed E-state index contributed by atoms with van der Waals surface area (Å²) in [5, 5.41) is 39.7. The van der Waals surface area contributed by atoms with Gasteiger partial charge >= 0.3 is 6.03 Å². The first-order valence-corrected chi connectivity index (χ1v) is 14.3. The van der Waals surface area contributed by atoms with Crippen LogP contribution < -0.4 is 26.0 Å². The molecule has 45 heavy (non-hydrogen) atoms. The van der Waals surface area contributed by atoms with Gasteiger partial charge in [0.2, 0.25) is 0 Å². The number of ether oxygens (including phenoxy) is 1. The Morgan fingerprint density at radius 2 is 1.69 bits per heavy atom. The number of benzene rings is 2. The fourth-order valence-corrected chi connectivity index (χ4v) is 7.04. The third kappa shape index (κ3) is 4.83. The Hall–Kier alpha value is -5.04. The van der Waals surface area contributed by atoms with Crippen molar-refractivity contribution in [1.29, 1.82) is 0 Å². The molecule has 13 nitrogen and oxygen atoms in total. The minimum absolute atomic E-state index is 0.0175. The molecule has 1 saturated carbocycles. The van der Waals surface area contributed by atoms with E-state index < -0.39 is 69.6 Å². The predicted octanol–water partition coefficient (Wildman–Crippen LogP) is 2.96. The number of primary amides is 1. The fourth-order valence-electron chi connectivity index (χ4n) is 7.04. The number of aliphatic hydroxyl groups is 2. The van der Waals surface area contributed by atoms with E-state index in [0.29, 0.717) is 22.7 Å². The quantitative estimate of drug-likeness (QED) is 0.207. The monoisotopic (exact) mass is 619 g/mol. The number of carbonyl (C=O) groups excluding carboxylic acids is 4. The molecule has 3 aliphatic carbocycles. The van der Waals surface area contributed by atoms with Gasteiger partial charge in [0.05, 0.1) is 29.8 Å². The van der Waals surface area contributed by atoms with Crippen LogP contribution in [0.5, 0.6) is 11.5 Å². The van der Waals surface area contributed by atoms with Crippen molar-refractivity contribution < 1.29 is 39.2 Å². The zero-order chi connectivity index (χ0) is 33.1. The summed E-state index contributed by atoms with van der Waals surface area (Å²) in [6.07, 6.45) is 0.428. The van der Waals surface area contributed by atoms with E-state index in [-0.39, 0.29) is 29.7 Å². The van der Waals surface area contributed by atoms with E-state index in [4.69, 9.17) is 10.5 Å². The molecule has 0 aromatic heterocycles. The number of methoxy groups -OCH3 is 1. The molecule has 238 valence electrons. The average Bonchev–Trinajstić information content (AvgIpc) is 2.96. The van der Waals surface area contributed by atoms with Crippen LogP contribution in [0.4, 0.5) is 21.9 Å². The van der Waals surface area contributed by atoms with Crippen LogP contribution in [0.25, 0.3) is 5.76 Å². The van der Waals surface area contributed by atoms with Crippen molar-refractivity contribution >= 4 is 46.3 Å². The Labute approximate surface area is 259 Å². The van der Waals surface area contributed by atoms with Gasteiger partial charge in [-0.1, -0.05) is 0 Å². The van der Waals surface area contributed by atoms with Gasteiger partial charge < -0.3 is 41.3 Å². The number of hydrogen-bond acceptors (Lipinski definition) is 10. The maximum atomic E-state index is 14.4. The lowest BCUT2D eigenvalue weighted by Crippen LogP contribution is -2.60. The van der Waals surface area contributed by atoms with Crippen molar-refractivity contribution in [1.82, 2.24) is 4.90 Å². The lowest BCUT2D eigenvalue weighted by molar-refractivity contribution is -0.139. The third-order valence-electron chi connectivity index (χ3n) is 9.24. The molecule has 5 rings (SSSR count). The van der Waals surface area contributed by atoms with Gasteiger partial charge in [-0.15, -0.1) is 0 Å². The Morgan fingerprint density at radius 1 is 1.04 bits per heavy atom. The zero-order valence-electron chi connectivity index (χ0n) is 25.9. The largest absolute Gasteiger partial charge is 0.510 e.